The lowest BCUT2D eigenvalue weighted by molar-refractivity contribution is -0.119. The van der Waals surface area contributed by atoms with E-state index in [1.54, 1.807) is 11.6 Å². The van der Waals surface area contributed by atoms with Crippen LogP contribution in [0.1, 0.15) is 18.1 Å². The van der Waals surface area contributed by atoms with E-state index in [9.17, 15) is 9.59 Å². The quantitative estimate of drug-likeness (QED) is 0.810. The summed E-state index contributed by atoms with van der Waals surface area (Å²) in [4.78, 5) is 22.5. The predicted octanol–water partition coefficient (Wildman–Crippen LogP) is 0.955. The number of rotatable bonds is 4. The van der Waals surface area contributed by atoms with Gasteiger partial charge in [0.15, 0.2) is 0 Å². The number of nitrogens with zero attached hydrogens (tertiary/aromatic N) is 4. The second kappa shape index (κ2) is 6.56. The molecule has 0 unspecified atom stereocenters. The molecule has 1 heterocycles. The molecule has 0 saturated carbocycles. The first kappa shape index (κ1) is 16.0. The molecule has 3 N–H and O–H groups in total. The van der Waals surface area contributed by atoms with Gasteiger partial charge in [0.2, 0.25) is 11.1 Å². The number of tetrazole rings is 1. The van der Waals surface area contributed by atoms with Crippen molar-refractivity contribution >= 4 is 23.7 Å². The zero-order chi connectivity index (χ0) is 16.3. The maximum absolute atomic E-state index is 11.8. The lowest BCUT2D eigenvalue weighted by atomic mass is 10.1. The zero-order valence-electron chi connectivity index (χ0n) is 12.4. The van der Waals surface area contributed by atoms with Crippen molar-refractivity contribution in [1.82, 2.24) is 25.5 Å². The molecule has 22 heavy (non-hydrogen) atoms. The number of nitrogens with two attached hydrogens (primary N) is 1. The van der Waals surface area contributed by atoms with Gasteiger partial charge in [-0.2, -0.15) is 4.68 Å². The van der Waals surface area contributed by atoms with E-state index in [-0.39, 0.29) is 0 Å². The maximum atomic E-state index is 11.8. The van der Waals surface area contributed by atoms with E-state index in [1.165, 1.54) is 0 Å². The van der Waals surface area contributed by atoms with Crippen LogP contribution in [-0.2, 0) is 4.79 Å². The second-order valence-corrected chi connectivity index (χ2v) is 6.04. The molecule has 2 rings (SSSR count). The minimum Gasteiger partial charge on any atom is -0.351 e. The first-order valence-corrected chi connectivity index (χ1v) is 7.40. The van der Waals surface area contributed by atoms with Gasteiger partial charge in [0, 0.05) is 0 Å². The molecule has 0 aliphatic rings. The van der Waals surface area contributed by atoms with Gasteiger partial charge in [-0.3, -0.25) is 10.1 Å². The Morgan fingerprint density at radius 2 is 1.95 bits per heavy atom. The number of thioether (sulfide) groups is 1. The Balaban J connectivity index is 2.27. The highest BCUT2D eigenvalue weighted by Gasteiger charge is 2.21. The van der Waals surface area contributed by atoms with Gasteiger partial charge in [-0.25, -0.2) is 4.79 Å². The molecule has 0 radical (unpaired) electrons. The number of amides is 3. The van der Waals surface area contributed by atoms with E-state index < -0.39 is 17.2 Å². The van der Waals surface area contributed by atoms with Crippen molar-refractivity contribution in [2.45, 2.75) is 31.2 Å². The number of hydrogen-bond acceptors (Lipinski definition) is 6. The topological polar surface area (TPSA) is 116 Å². The van der Waals surface area contributed by atoms with Crippen molar-refractivity contribution < 1.29 is 9.59 Å². The monoisotopic (exact) mass is 320 g/mol. The lowest BCUT2D eigenvalue weighted by Gasteiger charge is -2.12. The third-order valence-electron chi connectivity index (χ3n) is 2.99. The number of hydrogen-bond donors (Lipinski definition) is 2. The number of aromatic nitrogens is 4. The average molecular weight is 320 g/mol. The summed E-state index contributed by atoms with van der Waals surface area (Å²) >= 11 is 1.15. The summed E-state index contributed by atoms with van der Waals surface area (Å²) in [6, 6.07) is 4.99. The third-order valence-corrected chi connectivity index (χ3v) is 4.02. The molecule has 3 amide bonds. The number of imide groups is 1. The van der Waals surface area contributed by atoms with Crippen LogP contribution >= 0.6 is 11.8 Å². The molecule has 0 aliphatic carbocycles. The number of carbonyl (C=O) groups is 2. The molecule has 8 nitrogen and oxygen atoms in total. The summed E-state index contributed by atoms with van der Waals surface area (Å²) in [6.45, 7) is 5.57. The number of nitrogens with one attached hydrogen (secondary N) is 1. The fraction of sp³-hybridized carbons (Fsp3) is 0.308. The first-order chi connectivity index (χ1) is 10.4. The van der Waals surface area contributed by atoms with Gasteiger partial charge in [0.1, 0.15) is 0 Å². The van der Waals surface area contributed by atoms with Gasteiger partial charge in [-0.05, 0) is 42.3 Å². The Morgan fingerprint density at radius 3 is 2.55 bits per heavy atom. The third kappa shape index (κ3) is 3.42. The minimum absolute atomic E-state index is 0.463. The molecule has 0 aliphatic heterocycles. The molecule has 0 fully saturated rings. The number of urea groups is 1. The highest BCUT2D eigenvalue weighted by atomic mass is 32.2. The summed E-state index contributed by atoms with van der Waals surface area (Å²) in [7, 11) is 0. The molecule has 116 valence electrons. The van der Waals surface area contributed by atoms with Gasteiger partial charge < -0.3 is 5.73 Å². The highest BCUT2D eigenvalue weighted by molar-refractivity contribution is 8.00. The van der Waals surface area contributed by atoms with Crippen molar-refractivity contribution in [2.24, 2.45) is 5.73 Å². The van der Waals surface area contributed by atoms with E-state index in [2.05, 4.69) is 15.5 Å². The molecule has 1 aromatic heterocycles. The van der Waals surface area contributed by atoms with Gasteiger partial charge >= 0.3 is 6.03 Å². The normalized spacial score (nSPS) is 12.0. The first-order valence-electron chi connectivity index (χ1n) is 6.52. The standard InChI is InChI=1S/C13H16N6O2S/c1-7-5-4-6-8(2)10(7)19-13(16-17-18-19)22-9(3)11(20)15-12(14)21/h4-6,9H,1-3H3,(H3,14,15,20,21)/t9-/m0/s1. The van der Waals surface area contributed by atoms with E-state index in [4.69, 9.17) is 5.73 Å². The van der Waals surface area contributed by atoms with Crippen molar-refractivity contribution in [1.29, 1.82) is 0 Å². The average Bonchev–Trinajstić information content (AvgIpc) is 2.86. The van der Waals surface area contributed by atoms with Crippen LogP contribution in [0.15, 0.2) is 23.4 Å². The van der Waals surface area contributed by atoms with Crippen molar-refractivity contribution in [3.05, 3.63) is 29.3 Å². The molecule has 1 aromatic carbocycles. The maximum Gasteiger partial charge on any atom is 0.318 e. The van der Waals surface area contributed by atoms with Crippen LogP contribution in [0.2, 0.25) is 0 Å². The fourth-order valence-electron chi connectivity index (χ4n) is 1.97. The Bertz CT molecular complexity index is 694. The summed E-state index contributed by atoms with van der Waals surface area (Å²) in [5, 5.41) is 13.5. The largest absolute Gasteiger partial charge is 0.351 e. The van der Waals surface area contributed by atoms with E-state index in [1.807, 2.05) is 37.4 Å². The van der Waals surface area contributed by atoms with Crippen LogP contribution in [0.3, 0.4) is 0 Å². The predicted molar refractivity (Wildman–Crippen MR) is 81.7 cm³/mol. The molecular formula is C13H16N6O2S. The summed E-state index contributed by atoms with van der Waals surface area (Å²) in [6.07, 6.45) is 0. The zero-order valence-corrected chi connectivity index (χ0v) is 13.2. The van der Waals surface area contributed by atoms with Crippen molar-refractivity contribution in [3.63, 3.8) is 0 Å². The molecule has 1 atom stereocenters. The minimum atomic E-state index is -0.883. The molecule has 0 saturated heterocycles. The van der Waals surface area contributed by atoms with Crippen LogP contribution < -0.4 is 11.1 Å². The number of para-hydroxylation sites is 1. The molecule has 9 heteroatoms. The van der Waals surface area contributed by atoms with E-state index in [0.717, 1.165) is 28.6 Å². The number of benzene rings is 1. The molecular weight excluding hydrogens is 304 g/mol. The summed E-state index contributed by atoms with van der Waals surface area (Å²) in [5.74, 6) is -0.492. The summed E-state index contributed by atoms with van der Waals surface area (Å²) < 4.78 is 1.59. The lowest BCUT2D eigenvalue weighted by Crippen LogP contribution is -2.39. The van der Waals surface area contributed by atoms with Crippen LogP contribution in [0, 0.1) is 13.8 Å². The van der Waals surface area contributed by atoms with Gasteiger partial charge in [0.05, 0.1) is 10.9 Å². The van der Waals surface area contributed by atoms with Gasteiger partial charge in [-0.1, -0.05) is 30.0 Å². The number of aryl methyl sites for hydroxylation is 2. The second-order valence-electron chi connectivity index (χ2n) is 4.73. The molecule has 0 bridgehead atoms. The van der Waals surface area contributed by atoms with Crippen LogP contribution in [-0.4, -0.2) is 37.4 Å². The smallest absolute Gasteiger partial charge is 0.318 e. The van der Waals surface area contributed by atoms with Crippen molar-refractivity contribution in [2.75, 3.05) is 0 Å². The number of carbonyl (C=O) groups excluding carboxylic acids is 2. The van der Waals surface area contributed by atoms with Crippen LogP contribution in [0.4, 0.5) is 4.79 Å². The molecule has 0 spiro atoms. The Labute approximate surface area is 131 Å². The highest BCUT2D eigenvalue weighted by Crippen LogP contribution is 2.26. The number of primary amides is 1. The van der Waals surface area contributed by atoms with E-state index >= 15 is 0 Å². The SMILES string of the molecule is Cc1cccc(C)c1-n1nnnc1S[C@@H](C)C(=O)NC(N)=O. The van der Waals surface area contributed by atoms with Crippen LogP contribution in [0.5, 0.6) is 0 Å². The van der Waals surface area contributed by atoms with Gasteiger partial charge in [-0.15, -0.1) is 5.10 Å². The van der Waals surface area contributed by atoms with Crippen LogP contribution in [0.25, 0.3) is 5.69 Å². The molecule has 2 aromatic rings. The van der Waals surface area contributed by atoms with Crippen molar-refractivity contribution in [3.8, 4) is 5.69 Å². The summed E-state index contributed by atoms with van der Waals surface area (Å²) in [5.41, 5.74) is 7.85. The fourth-order valence-corrected chi connectivity index (χ4v) is 2.76. The Morgan fingerprint density at radius 1 is 1.32 bits per heavy atom. The van der Waals surface area contributed by atoms with E-state index in [0.29, 0.717) is 5.16 Å². The van der Waals surface area contributed by atoms with Gasteiger partial charge in [0.25, 0.3) is 0 Å². The Kier molecular flexibility index (Phi) is 4.76. The Hall–Kier alpha value is -2.42.